The van der Waals surface area contributed by atoms with Crippen LogP contribution in [0.5, 0.6) is 0 Å². The number of piperazine rings is 1. The van der Waals surface area contributed by atoms with Crippen LogP contribution in [0.3, 0.4) is 0 Å². The van der Waals surface area contributed by atoms with Gasteiger partial charge in [0.05, 0.1) is 23.8 Å². The Morgan fingerprint density at radius 3 is 2.38 bits per heavy atom. The lowest BCUT2D eigenvalue weighted by Gasteiger charge is -2.34. The standard InChI is InChI=1S/C20H29N7O2/c1-20(2,3)29-19(28)25-18-14-23-17(13-24-18)15-27-10-8-26(9-11-27)7-4-16-12-21-5-6-22-16/h5-6,12-14H,4,7-11,15H2,1-3H3,(H,24,25,28). The summed E-state index contributed by atoms with van der Waals surface area (Å²) in [7, 11) is 0. The van der Waals surface area contributed by atoms with E-state index in [2.05, 4.69) is 35.1 Å². The number of nitrogens with zero attached hydrogens (tertiary/aromatic N) is 6. The molecule has 2 aromatic heterocycles. The Hall–Kier alpha value is -2.65. The molecule has 2 aromatic rings. The minimum Gasteiger partial charge on any atom is -0.444 e. The molecule has 0 radical (unpaired) electrons. The molecule has 3 rings (SSSR count). The van der Waals surface area contributed by atoms with Crippen molar-refractivity contribution in [2.24, 2.45) is 0 Å². The maximum Gasteiger partial charge on any atom is 0.413 e. The molecule has 0 atom stereocenters. The monoisotopic (exact) mass is 399 g/mol. The SMILES string of the molecule is CC(C)(C)OC(=O)Nc1cnc(CN2CCN(CCc3cnccn3)CC2)cn1. The highest BCUT2D eigenvalue weighted by atomic mass is 16.6. The van der Waals surface area contributed by atoms with Crippen LogP contribution in [0, 0.1) is 0 Å². The van der Waals surface area contributed by atoms with Gasteiger partial charge in [0, 0.05) is 64.3 Å². The van der Waals surface area contributed by atoms with Gasteiger partial charge in [-0.3, -0.25) is 25.2 Å². The summed E-state index contributed by atoms with van der Waals surface area (Å²) in [5.74, 6) is 0.386. The smallest absolute Gasteiger partial charge is 0.413 e. The first kappa shape index (κ1) is 21.1. The Morgan fingerprint density at radius 1 is 1.00 bits per heavy atom. The topological polar surface area (TPSA) is 96.4 Å². The molecule has 1 saturated heterocycles. The van der Waals surface area contributed by atoms with Crippen LogP contribution in [0.4, 0.5) is 10.6 Å². The predicted molar refractivity (Wildman–Crippen MR) is 109 cm³/mol. The van der Waals surface area contributed by atoms with Gasteiger partial charge in [-0.1, -0.05) is 0 Å². The highest BCUT2D eigenvalue weighted by Gasteiger charge is 2.18. The molecule has 3 heterocycles. The first-order chi connectivity index (χ1) is 13.9. The molecule has 0 aromatic carbocycles. The summed E-state index contributed by atoms with van der Waals surface area (Å²) in [5, 5.41) is 2.60. The lowest BCUT2D eigenvalue weighted by atomic mass is 10.2. The van der Waals surface area contributed by atoms with Crippen molar-refractivity contribution in [3.63, 3.8) is 0 Å². The number of carbonyl (C=O) groups is 1. The summed E-state index contributed by atoms with van der Waals surface area (Å²) in [4.78, 5) is 33.7. The number of amides is 1. The molecule has 1 aliphatic rings. The summed E-state index contributed by atoms with van der Waals surface area (Å²) in [6.07, 6.45) is 8.93. The van der Waals surface area contributed by atoms with Crippen molar-refractivity contribution in [2.75, 3.05) is 38.0 Å². The number of hydrogen-bond acceptors (Lipinski definition) is 8. The molecule has 0 bridgehead atoms. The minimum atomic E-state index is -0.548. The number of aromatic nitrogens is 4. The van der Waals surface area contributed by atoms with E-state index in [0.717, 1.165) is 57.1 Å². The number of nitrogens with one attached hydrogen (secondary N) is 1. The molecule has 29 heavy (non-hydrogen) atoms. The van der Waals surface area contributed by atoms with Crippen LogP contribution in [0.2, 0.25) is 0 Å². The van der Waals surface area contributed by atoms with Crippen LogP contribution in [0.25, 0.3) is 0 Å². The van der Waals surface area contributed by atoms with Gasteiger partial charge in [0.25, 0.3) is 0 Å². The quantitative estimate of drug-likeness (QED) is 0.788. The second-order valence-corrected chi connectivity index (χ2v) is 8.08. The number of hydrogen-bond donors (Lipinski definition) is 1. The largest absolute Gasteiger partial charge is 0.444 e. The average Bonchev–Trinajstić information content (AvgIpc) is 2.68. The summed E-state index contributed by atoms with van der Waals surface area (Å²) in [6, 6.07) is 0. The van der Waals surface area contributed by atoms with Gasteiger partial charge in [0.1, 0.15) is 5.60 Å². The lowest BCUT2D eigenvalue weighted by Crippen LogP contribution is -2.46. The summed E-state index contributed by atoms with van der Waals surface area (Å²) < 4.78 is 5.21. The fraction of sp³-hybridized carbons (Fsp3) is 0.550. The first-order valence-corrected chi connectivity index (χ1v) is 9.88. The molecular formula is C20H29N7O2. The second kappa shape index (κ2) is 9.71. The molecule has 9 nitrogen and oxygen atoms in total. The van der Waals surface area contributed by atoms with Gasteiger partial charge < -0.3 is 9.64 Å². The van der Waals surface area contributed by atoms with E-state index < -0.39 is 11.7 Å². The summed E-state index contributed by atoms with van der Waals surface area (Å²) in [5.41, 5.74) is 1.37. The van der Waals surface area contributed by atoms with Gasteiger partial charge >= 0.3 is 6.09 Å². The van der Waals surface area contributed by atoms with Gasteiger partial charge in [-0.25, -0.2) is 9.78 Å². The zero-order chi connectivity index (χ0) is 20.7. The van der Waals surface area contributed by atoms with E-state index in [1.807, 2.05) is 27.0 Å². The average molecular weight is 399 g/mol. The molecule has 1 amide bonds. The highest BCUT2D eigenvalue weighted by Crippen LogP contribution is 2.11. The molecule has 156 valence electrons. The van der Waals surface area contributed by atoms with Gasteiger partial charge in [0.15, 0.2) is 5.82 Å². The third kappa shape index (κ3) is 7.35. The number of carbonyl (C=O) groups excluding carboxylic acids is 1. The number of ether oxygens (including phenoxy) is 1. The van der Waals surface area contributed by atoms with Crippen molar-refractivity contribution in [2.45, 2.75) is 39.3 Å². The first-order valence-electron chi connectivity index (χ1n) is 9.88. The minimum absolute atomic E-state index is 0.386. The van der Waals surface area contributed by atoms with E-state index >= 15 is 0 Å². The van der Waals surface area contributed by atoms with Crippen molar-refractivity contribution in [3.8, 4) is 0 Å². The number of rotatable bonds is 6. The highest BCUT2D eigenvalue weighted by molar-refractivity contribution is 5.83. The van der Waals surface area contributed by atoms with Crippen LogP contribution in [-0.2, 0) is 17.7 Å². The van der Waals surface area contributed by atoms with Crippen molar-refractivity contribution < 1.29 is 9.53 Å². The fourth-order valence-electron chi connectivity index (χ4n) is 3.04. The Labute approximate surface area is 171 Å². The van der Waals surface area contributed by atoms with Crippen LogP contribution in [0.1, 0.15) is 32.2 Å². The predicted octanol–water partition coefficient (Wildman–Crippen LogP) is 1.97. The summed E-state index contributed by atoms with van der Waals surface area (Å²) >= 11 is 0. The summed E-state index contributed by atoms with van der Waals surface area (Å²) in [6.45, 7) is 11.2. The Kier molecular flexibility index (Phi) is 7.05. The third-order valence-corrected chi connectivity index (χ3v) is 4.49. The van der Waals surface area contributed by atoms with Crippen LogP contribution >= 0.6 is 0 Å². The van der Waals surface area contributed by atoms with Gasteiger partial charge in [0.2, 0.25) is 0 Å². The van der Waals surface area contributed by atoms with Crippen molar-refractivity contribution >= 4 is 11.9 Å². The van der Waals surface area contributed by atoms with Crippen molar-refractivity contribution in [1.82, 2.24) is 29.7 Å². The van der Waals surface area contributed by atoms with Gasteiger partial charge in [-0.15, -0.1) is 0 Å². The van der Waals surface area contributed by atoms with Crippen LogP contribution < -0.4 is 5.32 Å². The third-order valence-electron chi connectivity index (χ3n) is 4.49. The van der Waals surface area contributed by atoms with E-state index in [1.165, 1.54) is 0 Å². The molecule has 0 spiro atoms. The van der Waals surface area contributed by atoms with E-state index in [-0.39, 0.29) is 0 Å². The molecule has 0 unspecified atom stereocenters. The molecule has 0 aliphatic carbocycles. The second-order valence-electron chi connectivity index (χ2n) is 8.08. The van der Waals surface area contributed by atoms with Crippen molar-refractivity contribution in [3.05, 3.63) is 42.4 Å². The molecule has 1 N–H and O–H groups in total. The molecule has 1 aliphatic heterocycles. The zero-order valence-electron chi connectivity index (χ0n) is 17.3. The maximum atomic E-state index is 11.8. The van der Waals surface area contributed by atoms with E-state index in [1.54, 1.807) is 24.8 Å². The molecule has 9 heteroatoms. The Bertz CT molecular complexity index is 770. The fourth-order valence-corrected chi connectivity index (χ4v) is 3.04. The zero-order valence-corrected chi connectivity index (χ0v) is 17.3. The lowest BCUT2D eigenvalue weighted by molar-refractivity contribution is 0.0635. The molecular weight excluding hydrogens is 370 g/mol. The van der Waals surface area contributed by atoms with Crippen molar-refractivity contribution in [1.29, 1.82) is 0 Å². The molecule has 1 fully saturated rings. The van der Waals surface area contributed by atoms with E-state index in [9.17, 15) is 4.79 Å². The van der Waals surface area contributed by atoms with Gasteiger partial charge in [-0.05, 0) is 20.8 Å². The normalized spacial score (nSPS) is 15.8. The Morgan fingerprint density at radius 2 is 1.76 bits per heavy atom. The maximum absolute atomic E-state index is 11.8. The van der Waals surface area contributed by atoms with E-state index in [0.29, 0.717) is 5.82 Å². The van der Waals surface area contributed by atoms with E-state index in [4.69, 9.17) is 4.74 Å². The molecule has 0 saturated carbocycles. The Balaban J connectivity index is 1.39. The van der Waals surface area contributed by atoms with Gasteiger partial charge in [-0.2, -0.15) is 0 Å². The number of anilines is 1. The van der Waals surface area contributed by atoms with Crippen LogP contribution in [0.15, 0.2) is 31.0 Å². The van der Waals surface area contributed by atoms with Crippen LogP contribution in [-0.4, -0.2) is 74.2 Å².